The van der Waals surface area contributed by atoms with Gasteiger partial charge in [0.1, 0.15) is 13.2 Å². The Morgan fingerprint density at radius 1 is 1.10 bits per heavy atom. The molecule has 0 fully saturated rings. The molecule has 0 saturated heterocycles. The molecule has 0 aliphatic rings. The predicted molar refractivity (Wildman–Crippen MR) is 81.5 cm³/mol. The van der Waals surface area contributed by atoms with Crippen LogP contribution in [0.4, 0.5) is 21.0 Å². The molecule has 0 aliphatic carbocycles. The van der Waals surface area contributed by atoms with Crippen LogP contribution < -0.4 is 10.6 Å². The lowest BCUT2D eigenvalue weighted by atomic mass is 10.2. The van der Waals surface area contributed by atoms with Crippen molar-refractivity contribution < 1.29 is 19.1 Å². The third kappa shape index (κ3) is 5.82. The van der Waals surface area contributed by atoms with Gasteiger partial charge in [-0.15, -0.1) is 0 Å². The largest absolute Gasteiger partial charge is 0.445 e. The summed E-state index contributed by atoms with van der Waals surface area (Å²) in [4.78, 5) is 22.9. The maximum Gasteiger partial charge on any atom is 0.411 e. The Morgan fingerprint density at radius 2 is 1.67 bits per heavy atom. The smallest absolute Gasteiger partial charge is 0.411 e. The van der Waals surface area contributed by atoms with Gasteiger partial charge < -0.3 is 9.47 Å². The molecule has 0 saturated carbocycles. The molecule has 2 N–H and O–H groups in total. The second-order valence-electron chi connectivity index (χ2n) is 4.05. The van der Waals surface area contributed by atoms with Crippen LogP contribution in [-0.2, 0) is 9.47 Å². The molecule has 21 heavy (non-hydrogen) atoms. The molecule has 2 amide bonds. The number of nitrogens with one attached hydrogen (secondary N) is 2. The van der Waals surface area contributed by atoms with Gasteiger partial charge in [-0.3, -0.25) is 10.6 Å². The van der Waals surface area contributed by atoms with E-state index in [1.807, 2.05) is 6.92 Å². The minimum absolute atomic E-state index is 0.122. The summed E-state index contributed by atoms with van der Waals surface area (Å²) < 4.78 is 9.64. The monoisotopic (exact) mass is 290 g/mol. The fraction of sp³-hybridized carbons (Fsp3) is 0.200. The van der Waals surface area contributed by atoms with Crippen molar-refractivity contribution in [2.45, 2.75) is 6.92 Å². The van der Waals surface area contributed by atoms with Gasteiger partial charge in [-0.25, -0.2) is 9.59 Å². The van der Waals surface area contributed by atoms with Crippen LogP contribution in [0.1, 0.15) is 5.56 Å². The number of aryl methyl sites for hydroxylation is 1. The minimum Gasteiger partial charge on any atom is -0.445 e. The zero-order valence-electron chi connectivity index (χ0n) is 11.8. The fourth-order valence-corrected chi connectivity index (χ4v) is 1.40. The van der Waals surface area contributed by atoms with E-state index < -0.39 is 12.2 Å². The normalized spacial score (nSPS) is 9.38. The van der Waals surface area contributed by atoms with Gasteiger partial charge in [-0.05, 0) is 24.6 Å². The lowest BCUT2D eigenvalue weighted by Gasteiger charge is -2.11. The van der Waals surface area contributed by atoms with Crippen LogP contribution in [0.3, 0.4) is 0 Å². The quantitative estimate of drug-likeness (QED) is 0.786. The summed E-state index contributed by atoms with van der Waals surface area (Å²) in [5.74, 6) is 0. The van der Waals surface area contributed by atoms with Gasteiger partial charge in [-0.2, -0.15) is 0 Å². The van der Waals surface area contributed by atoms with Gasteiger partial charge >= 0.3 is 12.2 Å². The van der Waals surface area contributed by atoms with Crippen molar-refractivity contribution in [3.63, 3.8) is 0 Å². The summed E-state index contributed by atoms with van der Waals surface area (Å²) in [6.45, 7) is 8.97. The van der Waals surface area contributed by atoms with E-state index in [1.54, 1.807) is 18.2 Å². The summed E-state index contributed by atoms with van der Waals surface area (Å²) in [5, 5.41) is 5.13. The van der Waals surface area contributed by atoms with E-state index in [0.29, 0.717) is 11.4 Å². The molecule has 0 heterocycles. The third-order valence-corrected chi connectivity index (χ3v) is 2.39. The summed E-state index contributed by atoms with van der Waals surface area (Å²) in [5.41, 5.74) is 1.86. The number of hydrogen-bond acceptors (Lipinski definition) is 4. The van der Waals surface area contributed by atoms with Crippen LogP contribution >= 0.6 is 0 Å². The minimum atomic E-state index is -0.598. The Balaban J connectivity index is 2.70. The van der Waals surface area contributed by atoms with E-state index in [1.165, 1.54) is 12.2 Å². The molecule has 0 radical (unpaired) electrons. The maximum absolute atomic E-state index is 11.5. The van der Waals surface area contributed by atoms with Crippen LogP contribution in [0.2, 0.25) is 0 Å². The highest BCUT2D eigenvalue weighted by atomic mass is 16.6. The van der Waals surface area contributed by atoms with Crippen molar-refractivity contribution in [1.29, 1.82) is 0 Å². The van der Waals surface area contributed by atoms with E-state index >= 15 is 0 Å². The summed E-state index contributed by atoms with van der Waals surface area (Å²) in [6, 6.07) is 5.07. The lowest BCUT2D eigenvalue weighted by molar-refractivity contribution is 0.173. The fourth-order valence-electron chi connectivity index (χ4n) is 1.40. The van der Waals surface area contributed by atoms with Gasteiger partial charge in [0, 0.05) is 11.4 Å². The topological polar surface area (TPSA) is 76.7 Å². The third-order valence-electron chi connectivity index (χ3n) is 2.39. The van der Waals surface area contributed by atoms with Crippen molar-refractivity contribution in [1.82, 2.24) is 0 Å². The molecular formula is C15H18N2O4. The van der Waals surface area contributed by atoms with Crippen molar-refractivity contribution >= 4 is 23.6 Å². The highest BCUT2D eigenvalue weighted by Gasteiger charge is 2.08. The molecule has 112 valence electrons. The van der Waals surface area contributed by atoms with Crippen molar-refractivity contribution in [2.24, 2.45) is 0 Å². The second-order valence-corrected chi connectivity index (χ2v) is 4.05. The highest BCUT2D eigenvalue weighted by molar-refractivity contribution is 5.89. The lowest BCUT2D eigenvalue weighted by Crippen LogP contribution is -2.16. The van der Waals surface area contributed by atoms with E-state index in [4.69, 9.17) is 9.47 Å². The van der Waals surface area contributed by atoms with Crippen LogP contribution in [0.15, 0.2) is 43.5 Å². The summed E-state index contributed by atoms with van der Waals surface area (Å²) >= 11 is 0. The SMILES string of the molecule is C=CCOC(=O)Nc1ccc(C)c(NC(=O)OCC=C)c1. The first kappa shape index (κ1) is 16.3. The number of ether oxygens (including phenoxy) is 2. The van der Waals surface area contributed by atoms with Gasteiger partial charge in [-0.1, -0.05) is 31.4 Å². The number of rotatable bonds is 6. The Kier molecular flexibility index (Phi) is 6.53. The average Bonchev–Trinajstić information content (AvgIpc) is 2.46. The molecular weight excluding hydrogens is 272 g/mol. The first-order valence-corrected chi connectivity index (χ1v) is 6.26. The van der Waals surface area contributed by atoms with Gasteiger partial charge in [0.25, 0.3) is 0 Å². The van der Waals surface area contributed by atoms with E-state index in [0.717, 1.165) is 5.56 Å². The first-order valence-electron chi connectivity index (χ1n) is 6.26. The molecule has 0 unspecified atom stereocenters. The van der Waals surface area contributed by atoms with Gasteiger partial charge in [0.05, 0.1) is 0 Å². The molecule has 0 aliphatic heterocycles. The van der Waals surface area contributed by atoms with Crippen LogP contribution in [-0.4, -0.2) is 25.4 Å². The molecule has 1 rings (SSSR count). The zero-order valence-corrected chi connectivity index (χ0v) is 11.8. The number of amides is 2. The molecule has 6 heteroatoms. The Labute approximate surface area is 123 Å². The standard InChI is InChI=1S/C15H18N2O4/c1-4-8-20-14(18)16-12-7-6-11(3)13(10-12)17-15(19)21-9-5-2/h4-7,10H,1-2,8-9H2,3H3,(H,16,18)(H,17,19). The van der Waals surface area contributed by atoms with Crippen molar-refractivity contribution in [2.75, 3.05) is 23.8 Å². The van der Waals surface area contributed by atoms with Gasteiger partial charge in [0.15, 0.2) is 0 Å². The van der Waals surface area contributed by atoms with Crippen molar-refractivity contribution in [3.05, 3.63) is 49.1 Å². The summed E-state index contributed by atoms with van der Waals surface area (Å²) in [6.07, 6.45) is 1.75. The number of carbonyl (C=O) groups is 2. The second kappa shape index (κ2) is 8.42. The first-order chi connectivity index (χ1) is 10.1. The van der Waals surface area contributed by atoms with Crippen LogP contribution in [0.25, 0.3) is 0 Å². The van der Waals surface area contributed by atoms with Crippen LogP contribution in [0.5, 0.6) is 0 Å². The number of carbonyl (C=O) groups excluding carboxylic acids is 2. The number of benzene rings is 1. The maximum atomic E-state index is 11.5. The summed E-state index contributed by atoms with van der Waals surface area (Å²) in [7, 11) is 0. The van der Waals surface area contributed by atoms with E-state index in [-0.39, 0.29) is 13.2 Å². The van der Waals surface area contributed by atoms with Crippen LogP contribution in [0, 0.1) is 6.92 Å². The van der Waals surface area contributed by atoms with E-state index in [2.05, 4.69) is 23.8 Å². The zero-order chi connectivity index (χ0) is 15.7. The molecule has 0 atom stereocenters. The molecule has 0 spiro atoms. The number of anilines is 2. The Morgan fingerprint density at radius 3 is 2.24 bits per heavy atom. The Hall–Kier alpha value is -2.76. The van der Waals surface area contributed by atoms with E-state index in [9.17, 15) is 9.59 Å². The Bertz CT molecular complexity index is 540. The van der Waals surface area contributed by atoms with Crippen molar-refractivity contribution in [3.8, 4) is 0 Å². The van der Waals surface area contributed by atoms with Gasteiger partial charge in [0.2, 0.25) is 0 Å². The molecule has 6 nitrogen and oxygen atoms in total. The average molecular weight is 290 g/mol. The molecule has 0 aromatic heterocycles. The highest BCUT2D eigenvalue weighted by Crippen LogP contribution is 2.20. The predicted octanol–water partition coefficient (Wildman–Crippen LogP) is 3.46. The molecule has 0 bridgehead atoms. The molecule has 1 aromatic carbocycles. The molecule has 1 aromatic rings. The number of hydrogen-bond donors (Lipinski definition) is 2.